The van der Waals surface area contributed by atoms with Gasteiger partial charge in [0.15, 0.2) is 11.5 Å². The van der Waals surface area contributed by atoms with Crippen LogP contribution in [-0.4, -0.2) is 31.0 Å². The highest BCUT2D eigenvalue weighted by Crippen LogP contribution is 2.45. The Morgan fingerprint density at radius 3 is 2.42 bits per heavy atom. The van der Waals surface area contributed by atoms with Crippen LogP contribution < -0.4 is 14.2 Å². The van der Waals surface area contributed by atoms with Crippen molar-refractivity contribution in [3.8, 4) is 23.0 Å². The molecule has 1 saturated carbocycles. The van der Waals surface area contributed by atoms with Crippen molar-refractivity contribution in [3.05, 3.63) is 77.6 Å². The fourth-order valence-electron chi connectivity index (χ4n) is 4.75. The van der Waals surface area contributed by atoms with Gasteiger partial charge in [-0.2, -0.15) is 0 Å². The Kier molecular flexibility index (Phi) is 5.33. The Bertz CT molecular complexity index is 1110. The molecule has 5 heteroatoms. The van der Waals surface area contributed by atoms with E-state index >= 15 is 0 Å². The molecule has 2 aromatic carbocycles. The number of aliphatic imine (C=N–C) groups is 1. The molecule has 1 aliphatic carbocycles. The summed E-state index contributed by atoms with van der Waals surface area (Å²) in [5.74, 6) is 3.48. The van der Waals surface area contributed by atoms with Gasteiger partial charge in [0.25, 0.3) is 0 Å². The second kappa shape index (κ2) is 8.42. The molecule has 31 heavy (non-hydrogen) atoms. The minimum atomic E-state index is 0.305. The molecule has 0 unspecified atom stereocenters. The van der Waals surface area contributed by atoms with Crippen LogP contribution in [0.25, 0.3) is 0 Å². The molecule has 158 valence electrons. The quantitative estimate of drug-likeness (QED) is 0.532. The van der Waals surface area contributed by atoms with E-state index in [9.17, 15) is 0 Å². The van der Waals surface area contributed by atoms with E-state index in [1.807, 2.05) is 24.3 Å². The second-order valence-electron chi connectivity index (χ2n) is 8.04. The van der Waals surface area contributed by atoms with E-state index in [0.717, 1.165) is 52.7 Å². The lowest BCUT2D eigenvalue weighted by molar-refractivity contribution is 0.349. The average Bonchev–Trinajstić information content (AvgIpc) is 2.83. The lowest BCUT2D eigenvalue weighted by atomic mass is 9.75. The van der Waals surface area contributed by atoms with Crippen molar-refractivity contribution >= 4 is 5.71 Å². The first-order chi connectivity index (χ1) is 15.3. The van der Waals surface area contributed by atoms with Crippen LogP contribution in [0.15, 0.2) is 65.9 Å². The van der Waals surface area contributed by atoms with Gasteiger partial charge in [0, 0.05) is 29.4 Å². The van der Waals surface area contributed by atoms with Gasteiger partial charge in [-0.15, -0.1) is 0 Å². The normalized spacial score (nSPS) is 19.6. The van der Waals surface area contributed by atoms with E-state index in [1.165, 1.54) is 18.4 Å². The minimum Gasteiger partial charge on any atom is -0.493 e. The van der Waals surface area contributed by atoms with Crippen molar-refractivity contribution in [1.29, 1.82) is 0 Å². The summed E-state index contributed by atoms with van der Waals surface area (Å²) in [6.45, 7) is 0. The van der Waals surface area contributed by atoms with Crippen LogP contribution in [0.1, 0.15) is 48.3 Å². The first-order valence-electron chi connectivity index (χ1n) is 10.8. The monoisotopic (exact) mass is 414 g/mol. The van der Waals surface area contributed by atoms with Gasteiger partial charge in [0.1, 0.15) is 11.5 Å². The molecule has 0 bridgehead atoms. The first-order valence-corrected chi connectivity index (χ1v) is 10.8. The maximum absolute atomic E-state index is 6.05. The van der Waals surface area contributed by atoms with Crippen LogP contribution in [0.5, 0.6) is 23.0 Å². The topological polar surface area (TPSA) is 52.9 Å². The van der Waals surface area contributed by atoms with E-state index in [0.29, 0.717) is 12.0 Å². The summed E-state index contributed by atoms with van der Waals surface area (Å²) in [7, 11) is 3.37. The number of rotatable bonds is 5. The van der Waals surface area contributed by atoms with Crippen LogP contribution >= 0.6 is 0 Å². The molecular weight excluding hydrogens is 388 g/mol. The smallest absolute Gasteiger partial charge is 0.161 e. The van der Waals surface area contributed by atoms with Crippen LogP contribution in [0.2, 0.25) is 0 Å². The summed E-state index contributed by atoms with van der Waals surface area (Å²) in [5, 5.41) is 0. The molecule has 5 rings (SSSR count). The number of hydrogen-bond acceptors (Lipinski definition) is 5. The van der Waals surface area contributed by atoms with Crippen molar-refractivity contribution < 1.29 is 14.2 Å². The van der Waals surface area contributed by atoms with Crippen LogP contribution in [0.4, 0.5) is 0 Å². The van der Waals surface area contributed by atoms with Crippen LogP contribution in [-0.2, 0) is 0 Å². The van der Waals surface area contributed by atoms with Crippen LogP contribution in [0, 0.1) is 0 Å². The number of methoxy groups -OCH3 is 2. The molecule has 1 fully saturated rings. The summed E-state index contributed by atoms with van der Waals surface area (Å²) in [6.07, 6.45) is 8.21. The molecule has 1 aromatic heterocycles. The molecule has 0 N–H and O–H groups in total. The summed E-state index contributed by atoms with van der Waals surface area (Å²) in [4.78, 5) is 9.30. The van der Waals surface area contributed by atoms with E-state index in [2.05, 4.69) is 29.2 Å². The Hall–Kier alpha value is -3.34. The molecule has 0 radical (unpaired) electrons. The number of fused-ring (bicyclic) bond motifs is 3. The molecule has 0 saturated heterocycles. The molecule has 1 aliphatic heterocycles. The third-order valence-electron chi connectivity index (χ3n) is 6.23. The predicted octanol–water partition coefficient (Wildman–Crippen LogP) is 5.77. The zero-order chi connectivity index (χ0) is 21.2. The average molecular weight is 415 g/mol. The lowest BCUT2D eigenvalue weighted by Gasteiger charge is -2.35. The lowest BCUT2D eigenvalue weighted by Crippen LogP contribution is -2.29. The zero-order valence-electron chi connectivity index (χ0n) is 17.9. The van der Waals surface area contributed by atoms with E-state index in [4.69, 9.17) is 19.2 Å². The van der Waals surface area contributed by atoms with Crippen LogP contribution in [0.3, 0.4) is 0 Å². The number of ether oxygens (including phenoxy) is 3. The summed E-state index contributed by atoms with van der Waals surface area (Å²) in [6, 6.07) is 16.4. The Labute approximate surface area is 182 Å². The summed E-state index contributed by atoms with van der Waals surface area (Å²) in [5.41, 5.74) is 4.48. The van der Waals surface area contributed by atoms with Gasteiger partial charge in [0.05, 0.1) is 26.0 Å². The summed E-state index contributed by atoms with van der Waals surface area (Å²) < 4.78 is 17.3. The third kappa shape index (κ3) is 3.76. The highest BCUT2D eigenvalue weighted by molar-refractivity contribution is 6.15. The van der Waals surface area contributed by atoms with Gasteiger partial charge >= 0.3 is 0 Å². The number of nitrogens with zero attached hydrogens (tertiary/aromatic N) is 2. The molecule has 2 heterocycles. The number of hydrogen-bond donors (Lipinski definition) is 0. The van der Waals surface area contributed by atoms with E-state index in [-0.39, 0.29) is 0 Å². The number of pyridine rings is 1. The molecule has 3 aromatic rings. The van der Waals surface area contributed by atoms with Gasteiger partial charge in [0.2, 0.25) is 0 Å². The molecule has 0 spiro atoms. The number of benzene rings is 2. The molecule has 5 nitrogen and oxygen atoms in total. The summed E-state index contributed by atoms with van der Waals surface area (Å²) >= 11 is 0. The minimum absolute atomic E-state index is 0.305. The maximum Gasteiger partial charge on any atom is 0.161 e. The van der Waals surface area contributed by atoms with Gasteiger partial charge < -0.3 is 14.2 Å². The van der Waals surface area contributed by atoms with Gasteiger partial charge in [-0.05, 0) is 54.8 Å². The Balaban J connectivity index is 1.59. The van der Waals surface area contributed by atoms with E-state index < -0.39 is 0 Å². The van der Waals surface area contributed by atoms with E-state index in [1.54, 1.807) is 26.6 Å². The molecule has 0 amide bonds. The SMILES string of the molecule is COc1cc2c(cc1OC)[C@@H]1CCCC[C@@H]1N=C2c1cccc(Oc2ccncc2)c1. The number of aromatic nitrogens is 1. The largest absolute Gasteiger partial charge is 0.493 e. The first kappa shape index (κ1) is 19.6. The molecule has 2 aliphatic rings. The van der Waals surface area contributed by atoms with Crippen molar-refractivity contribution in [2.24, 2.45) is 4.99 Å². The Morgan fingerprint density at radius 1 is 0.839 bits per heavy atom. The fourth-order valence-corrected chi connectivity index (χ4v) is 4.75. The van der Waals surface area contributed by atoms with Crippen molar-refractivity contribution in [2.45, 2.75) is 37.6 Å². The second-order valence-corrected chi connectivity index (χ2v) is 8.04. The third-order valence-corrected chi connectivity index (χ3v) is 6.23. The van der Waals surface area contributed by atoms with Gasteiger partial charge in [-0.25, -0.2) is 0 Å². The Morgan fingerprint density at radius 2 is 1.61 bits per heavy atom. The molecular formula is C26H26N2O3. The predicted molar refractivity (Wildman–Crippen MR) is 121 cm³/mol. The maximum atomic E-state index is 6.05. The fraction of sp³-hybridized carbons (Fsp3) is 0.308. The standard InChI is InChI=1S/C26H26N2O3/c1-29-24-15-21-20-8-3-4-9-23(20)28-26(22(21)16-25(24)30-2)17-6-5-7-19(14-17)31-18-10-12-27-13-11-18/h5-7,10-16,20,23H,3-4,8-9H2,1-2H3/t20-,23-/m0/s1. The van der Waals surface area contributed by atoms with Crippen molar-refractivity contribution in [1.82, 2.24) is 4.98 Å². The van der Waals surface area contributed by atoms with Gasteiger partial charge in [-0.3, -0.25) is 9.98 Å². The highest BCUT2D eigenvalue weighted by Gasteiger charge is 2.34. The zero-order valence-corrected chi connectivity index (χ0v) is 17.9. The van der Waals surface area contributed by atoms with Gasteiger partial charge in [-0.1, -0.05) is 25.0 Å². The van der Waals surface area contributed by atoms with Crippen molar-refractivity contribution in [2.75, 3.05) is 14.2 Å². The van der Waals surface area contributed by atoms with Crippen molar-refractivity contribution in [3.63, 3.8) is 0 Å². The molecule has 2 atom stereocenters. The highest BCUT2D eigenvalue weighted by atomic mass is 16.5.